The second kappa shape index (κ2) is 16.6. The first-order valence-corrected chi connectivity index (χ1v) is 23.8. The molecule has 1 saturated heterocycles. The summed E-state index contributed by atoms with van der Waals surface area (Å²) in [4.78, 5) is 9.90. The fourth-order valence-corrected chi connectivity index (χ4v) is 11.0. The second-order valence-corrected chi connectivity index (χ2v) is 20.8. The number of hydrogen-bond donors (Lipinski definition) is 0. The van der Waals surface area contributed by atoms with E-state index in [4.69, 9.17) is 9.72 Å². The minimum Gasteiger partial charge on any atom is 0.00296 e. The zero-order valence-corrected chi connectivity index (χ0v) is 40.2. The number of benzene rings is 6. The Morgan fingerprint density at radius 3 is 1.89 bits per heavy atom. The molecule has 7 heteroatoms. The molecule has 8 aromatic rings. The van der Waals surface area contributed by atoms with Gasteiger partial charge in [0.2, 0.25) is 0 Å². The number of imidazole rings is 1. The zero-order chi connectivity index (χ0) is 44.3. The first kappa shape index (κ1) is 42.2. The van der Waals surface area contributed by atoms with Gasteiger partial charge in [-0.2, -0.15) is 0 Å². The van der Waals surface area contributed by atoms with Gasteiger partial charge in [-0.25, -0.2) is 0 Å². The fourth-order valence-electron chi connectivity index (χ4n) is 9.90. The second-order valence-electron chi connectivity index (χ2n) is 19.8. The van der Waals surface area contributed by atoms with Gasteiger partial charge in [-0.3, -0.25) is 0 Å². The van der Waals surface area contributed by atoms with Crippen LogP contribution in [-0.2, 0) is 30.2 Å². The predicted molar refractivity (Wildman–Crippen MR) is 260 cm³/mol. The molecule has 0 aliphatic carbocycles. The SMILES string of the molecule is CN1CCC2c3ccc(Oc4cccc(-n5[c](=[Pt])n(-c6c(-c7ccccc7)cc(C(C)(C)C)cc6-c6ccccc6)c6ccccc65)c4)cc3N(c3cc(C(C)(C)C)ccn3)CC2C1. The van der Waals surface area contributed by atoms with Crippen LogP contribution in [-0.4, -0.2) is 45.7 Å². The third kappa shape index (κ3) is 7.90. The van der Waals surface area contributed by atoms with E-state index in [0.717, 1.165) is 69.6 Å². The third-order valence-electron chi connectivity index (χ3n) is 13.3. The van der Waals surface area contributed by atoms with Crippen molar-refractivity contribution in [3.63, 3.8) is 0 Å². The van der Waals surface area contributed by atoms with Crippen LogP contribution in [0, 0.1) is 9.72 Å². The molecule has 1 fully saturated rings. The average Bonchev–Trinajstić information content (AvgIpc) is 3.59. The number of fused-ring (bicyclic) bond motifs is 4. The number of likely N-dealkylation sites (tertiary alicyclic amines) is 1. The summed E-state index contributed by atoms with van der Waals surface area (Å²) in [5.41, 5.74) is 14.3. The van der Waals surface area contributed by atoms with Crippen LogP contribution in [0.4, 0.5) is 11.5 Å². The van der Waals surface area contributed by atoms with Crippen molar-refractivity contribution in [2.24, 2.45) is 5.92 Å². The number of aromatic nitrogens is 3. The summed E-state index contributed by atoms with van der Waals surface area (Å²) in [6.45, 7) is 16.8. The van der Waals surface area contributed by atoms with Crippen molar-refractivity contribution in [1.82, 2.24) is 19.0 Å². The van der Waals surface area contributed by atoms with Crippen LogP contribution in [0.3, 0.4) is 0 Å². The molecule has 4 heterocycles. The number of para-hydroxylation sites is 2. The molecular weight excluding hydrogens is 966 g/mol. The minimum atomic E-state index is -0.0577. The van der Waals surface area contributed by atoms with Crippen LogP contribution >= 0.6 is 0 Å². The number of nitrogens with zero attached hydrogens (tertiary/aromatic N) is 5. The number of piperidine rings is 1. The van der Waals surface area contributed by atoms with E-state index in [1.807, 2.05) is 6.20 Å². The number of ether oxygens (including phenoxy) is 1. The normalized spacial score (nSPS) is 16.7. The molecule has 0 spiro atoms. The number of hydrogen-bond acceptors (Lipinski definition) is 4. The van der Waals surface area contributed by atoms with Gasteiger partial charge in [-0.05, 0) is 30.6 Å². The summed E-state index contributed by atoms with van der Waals surface area (Å²) in [5, 5.41) is 0. The molecule has 326 valence electrons. The Hall–Kier alpha value is -5.81. The number of anilines is 2. The van der Waals surface area contributed by atoms with E-state index in [2.05, 4.69) is 239 Å². The molecule has 0 N–H and O–H groups in total. The molecule has 2 atom stereocenters. The van der Waals surface area contributed by atoms with Crippen molar-refractivity contribution in [3.8, 4) is 45.1 Å². The van der Waals surface area contributed by atoms with Gasteiger partial charge in [0, 0.05) is 12.7 Å². The molecule has 2 aromatic heterocycles. The quantitative estimate of drug-likeness (QED) is 0.159. The van der Waals surface area contributed by atoms with Crippen molar-refractivity contribution in [2.75, 3.05) is 31.6 Å². The topological polar surface area (TPSA) is 38.5 Å². The summed E-state index contributed by atoms with van der Waals surface area (Å²) in [6, 6.07) is 55.0. The Balaban J connectivity index is 1.09. The van der Waals surface area contributed by atoms with E-state index < -0.39 is 0 Å². The van der Waals surface area contributed by atoms with Crippen LogP contribution in [0.1, 0.15) is 70.6 Å². The Bertz CT molecular complexity index is 3000. The smallest absolute Gasteiger partial charge is 0.00296 e. The van der Waals surface area contributed by atoms with Gasteiger partial charge in [-0.15, -0.1) is 0 Å². The van der Waals surface area contributed by atoms with Crippen LogP contribution in [0.2, 0.25) is 0 Å². The maximum absolute atomic E-state index is 6.89. The molecule has 2 aliphatic heterocycles. The zero-order valence-electron chi connectivity index (χ0n) is 38.0. The van der Waals surface area contributed by atoms with E-state index in [1.54, 1.807) is 0 Å². The Kier molecular flexibility index (Phi) is 11.0. The van der Waals surface area contributed by atoms with Crippen molar-refractivity contribution < 1.29 is 24.1 Å². The van der Waals surface area contributed by atoms with E-state index in [-0.39, 0.29) is 10.8 Å². The molecule has 6 nitrogen and oxygen atoms in total. The van der Waals surface area contributed by atoms with E-state index >= 15 is 0 Å². The summed E-state index contributed by atoms with van der Waals surface area (Å²) < 4.78 is 12.8. The first-order chi connectivity index (χ1) is 30.8. The van der Waals surface area contributed by atoms with Crippen molar-refractivity contribution in [3.05, 3.63) is 178 Å². The average molecular weight is 1020 g/mol. The minimum absolute atomic E-state index is 0.0211. The molecule has 2 aliphatic rings. The van der Waals surface area contributed by atoms with Crippen molar-refractivity contribution >= 4 is 22.5 Å². The predicted octanol–water partition coefficient (Wildman–Crippen LogP) is 13.8. The third-order valence-corrected chi connectivity index (χ3v) is 14.3. The van der Waals surface area contributed by atoms with Crippen molar-refractivity contribution in [2.45, 2.75) is 64.7 Å². The van der Waals surface area contributed by atoms with Gasteiger partial charge >= 0.3 is 322 Å². The summed E-state index contributed by atoms with van der Waals surface area (Å²) in [5.74, 6) is 3.65. The van der Waals surface area contributed by atoms with E-state index in [0.29, 0.717) is 11.8 Å². The van der Waals surface area contributed by atoms with Gasteiger partial charge in [0.1, 0.15) is 0 Å². The standard InChI is InChI=1S/C57H57N5O.Pt/c1-56(2,3)42-27-29-58-54(33-42)60-37-41-36-59(7)30-28-47(41)48-26-25-46(35-53(48)60)63-45-22-16-21-44(34-45)61-38-62(52-24-15-14-23-51(52)61)55-49(39-17-10-8-11-18-39)31-43(57(4,5)6)32-50(55)40-19-12-9-13-20-40;/h8-27,29,31-35,41,47H,28,30,36-37H2,1-7H3;. The van der Waals surface area contributed by atoms with Crippen LogP contribution in [0.15, 0.2) is 158 Å². The first-order valence-electron chi connectivity index (χ1n) is 22.6. The number of pyridine rings is 1. The van der Waals surface area contributed by atoms with Gasteiger partial charge < -0.3 is 4.90 Å². The Labute approximate surface area is 389 Å². The Morgan fingerprint density at radius 1 is 0.609 bits per heavy atom. The van der Waals surface area contributed by atoms with E-state index in [9.17, 15) is 0 Å². The molecule has 0 amide bonds. The molecule has 64 heavy (non-hydrogen) atoms. The molecule has 6 aromatic carbocycles. The van der Waals surface area contributed by atoms with Gasteiger partial charge in [-0.1, -0.05) is 20.8 Å². The fraction of sp³-hybridized carbons (Fsp3) is 0.263. The molecule has 0 bridgehead atoms. The van der Waals surface area contributed by atoms with Crippen LogP contribution in [0.5, 0.6) is 11.5 Å². The molecular formula is C57H57N5OPt. The van der Waals surface area contributed by atoms with Crippen LogP contribution < -0.4 is 9.64 Å². The molecule has 2 unspecified atom stereocenters. The maximum atomic E-state index is 6.89. The number of rotatable bonds is 7. The summed E-state index contributed by atoms with van der Waals surface area (Å²) in [7, 11) is 2.25. The summed E-state index contributed by atoms with van der Waals surface area (Å²) >= 11 is 2.53. The van der Waals surface area contributed by atoms with Crippen LogP contribution in [0.25, 0.3) is 44.7 Å². The monoisotopic (exact) mass is 1020 g/mol. The van der Waals surface area contributed by atoms with Crippen molar-refractivity contribution in [1.29, 1.82) is 0 Å². The Morgan fingerprint density at radius 2 is 1.23 bits per heavy atom. The van der Waals surface area contributed by atoms with Gasteiger partial charge in [0.15, 0.2) is 0 Å². The molecule has 10 rings (SSSR count). The summed E-state index contributed by atoms with van der Waals surface area (Å²) in [6.07, 6.45) is 3.13. The van der Waals surface area contributed by atoms with Gasteiger partial charge in [0.05, 0.1) is 0 Å². The molecule has 0 radical (unpaired) electrons. The molecule has 0 saturated carbocycles. The van der Waals surface area contributed by atoms with E-state index in [1.165, 1.54) is 44.6 Å². The van der Waals surface area contributed by atoms with Gasteiger partial charge in [0.25, 0.3) is 0 Å².